The molecule has 0 saturated carbocycles. The number of aromatic nitrogens is 2. The molecule has 3 aromatic rings. The van der Waals surface area contributed by atoms with Crippen molar-refractivity contribution in [3.8, 4) is 11.3 Å². The highest BCUT2D eigenvalue weighted by Gasteiger charge is 2.27. The number of sulfonamides is 1. The maximum absolute atomic E-state index is 13.1. The van der Waals surface area contributed by atoms with Gasteiger partial charge >= 0.3 is 5.97 Å². The highest BCUT2D eigenvalue weighted by atomic mass is 32.2. The number of carbonyl (C=O) groups excluding carboxylic acids is 1. The third-order valence-electron chi connectivity index (χ3n) is 4.08. The van der Waals surface area contributed by atoms with Gasteiger partial charge in [-0.3, -0.25) is 9.82 Å². The van der Waals surface area contributed by atoms with Gasteiger partial charge in [-0.1, -0.05) is 0 Å². The summed E-state index contributed by atoms with van der Waals surface area (Å²) < 4.78 is 33.8. The van der Waals surface area contributed by atoms with Gasteiger partial charge in [-0.15, -0.1) is 11.3 Å². The van der Waals surface area contributed by atoms with Gasteiger partial charge in [0.1, 0.15) is 4.90 Å². The van der Waals surface area contributed by atoms with E-state index >= 15 is 0 Å². The Labute approximate surface area is 167 Å². The van der Waals surface area contributed by atoms with Crippen LogP contribution in [0.1, 0.15) is 32.7 Å². The van der Waals surface area contributed by atoms with Crippen molar-refractivity contribution in [2.45, 2.75) is 32.6 Å². The van der Waals surface area contributed by atoms with Crippen molar-refractivity contribution >= 4 is 33.0 Å². The number of hydrogen-bond acceptors (Lipinski definition) is 6. The second-order valence-electron chi connectivity index (χ2n) is 6.26. The van der Waals surface area contributed by atoms with Crippen LogP contribution >= 0.6 is 11.3 Å². The zero-order chi connectivity index (χ0) is 20.5. The van der Waals surface area contributed by atoms with Gasteiger partial charge in [0, 0.05) is 26.7 Å². The molecule has 0 spiro atoms. The van der Waals surface area contributed by atoms with Crippen LogP contribution in [-0.4, -0.2) is 31.2 Å². The van der Waals surface area contributed by atoms with Crippen LogP contribution < -0.4 is 4.72 Å². The molecule has 0 amide bonds. The first-order chi connectivity index (χ1) is 13.2. The molecule has 0 aliphatic rings. The standard InChI is InChI=1S/C19H21N3O4S2/c1-5-26-19(23)14-6-8-15(9-7-14)22-28(24,25)18-13(4)27-12(3)17(18)16-10-11(2)20-21-16/h6-10,22H,5H2,1-4H3,(H,20,21). The molecule has 2 aromatic heterocycles. The van der Waals surface area contributed by atoms with Crippen molar-refractivity contribution < 1.29 is 17.9 Å². The Balaban J connectivity index is 1.95. The van der Waals surface area contributed by atoms with E-state index in [9.17, 15) is 13.2 Å². The second-order valence-corrected chi connectivity index (χ2v) is 9.31. The molecule has 0 atom stereocenters. The second kappa shape index (κ2) is 7.76. The third kappa shape index (κ3) is 3.95. The maximum Gasteiger partial charge on any atom is 0.338 e. The molecule has 0 radical (unpaired) electrons. The molecule has 7 nitrogen and oxygen atoms in total. The molecule has 0 aliphatic carbocycles. The molecule has 9 heteroatoms. The highest BCUT2D eigenvalue weighted by molar-refractivity contribution is 7.93. The minimum Gasteiger partial charge on any atom is -0.462 e. The summed E-state index contributed by atoms with van der Waals surface area (Å²) in [4.78, 5) is 13.5. The van der Waals surface area contributed by atoms with E-state index in [1.165, 1.54) is 35.6 Å². The molecule has 1 aromatic carbocycles. The van der Waals surface area contributed by atoms with E-state index in [-0.39, 0.29) is 11.5 Å². The summed E-state index contributed by atoms with van der Waals surface area (Å²) >= 11 is 1.41. The lowest BCUT2D eigenvalue weighted by Gasteiger charge is -2.10. The molecule has 2 heterocycles. The van der Waals surface area contributed by atoms with Crippen LogP contribution in [0.2, 0.25) is 0 Å². The number of aryl methyl sites for hydroxylation is 3. The Morgan fingerprint density at radius 1 is 1.18 bits per heavy atom. The number of nitrogens with one attached hydrogen (secondary N) is 2. The summed E-state index contributed by atoms with van der Waals surface area (Å²) in [6, 6.07) is 7.95. The Kier molecular flexibility index (Phi) is 5.57. The first-order valence-corrected chi connectivity index (χ1v) is 10.9. The molecule has 0 aliphatic heterocycles. The average Bonchev–Trinajstić information content (AvgIpc) is 3.17. The van der Waals surface area contributed by atoms with Crippen LogP contribution in [0, 0.1) is 20.8 Å². The number of nitrogens with zero attached hydrogens (tertiary/aromatic N) is 1. The predicted octanol–water partition coefficient (Wildman–Crippen LogP) is 4.04. The molecule has 0 bridgehead atoms. The van der Waals surface area contributed by atoms with Gasteiger partial charge in [-0.05, 0) is 58.0 Å². The van der Waals surface area contributed by atoms with E-state index in [0.717, 1.165) is 10.6 Å². The lowest BCUT2D eigenvalue weighted by atomic mass is 10.2. The van der Waals surface area contributed by atoms with E-state index in [2.05, 4.69) is 14.9 Å². The molecular formula is C19H21N3O4S2. The number of aromatic amines is 1. The third-order valence-corrected chi connectivity index (χ3v) is 6.79. The van der Waals surface area contributed by atoms with E-state index in [0.29, 0.717) is 27.4 Å². The lowest BCUT2D eigenvalue weighted by Crippen LogP contribution is -2.14. The lowest BCUT2D eigenvalue weighted by molar-refractivity contribution is 0.0526. The Morgan fingerprint density at radius 3 is 2.43 bits per heavy atom. The summed E-state index contributed by atoms with van der Waals surface area (Å²) in [5.74, 6) is -0.447. The first-order valence-electron chi connectivity index (χ1n) is 8.65. The summed E-state index contributed by atoms with van der Waals surface area (Å²) in [5.41, 5.74) is 2.77. The quantitative estimate of drug-likeness (QED) is 0.587. The van der Waals surface area contributed by atoms with Gasteiger partial charge < -0.3 is 4.74 Å². The monoisotopic (exact) mass is 419 g/mol. The van der Waals surface area contributed by atoms with Crippen LogP contribution in [0.15, 0.2) is 35.2 Å². The van der Waals surface area contributed by atoms with Gasteiger partial charge in [0.05, 0.1) is 17.9 Å². The number of benzene rings is 1. The molecule has 2 N–H and O–H groups in total. The molecular weight excluding hydrogens is 398 g/mol. The highest BCUT2D eigenvalue weighted by Crippen LogP contribution is 2.39. The van der Waals surface area contributed by atoms with Crippen LogP contribution in [0.3, 0.4) is 0 Å². The number of H-pyrrole nitrogens is 1. The zero-order valence-electron chi connectivity index (χ0n) is 16.0. The van der Waals surface area contributed by atoms with Gasteiger partial charge in [0.15, 0.2) is 0 Å². The SMILES string of the molecule is CCOC(=O)c1ccc(NS(=O)(=O)c2c(C)sc(C)c2-c2cc(C)[nH]n2)cc1. The van der Waals surface area contributed by atoms with Crippen molar-refractivity contribution in [3.05, 3.63) is 51.3 Å². The van der Waals surface area contributed by atoms with Crippen molar-refractivity contribution in [2.24, 2.45) is 0 Å². The van der Waals surface area contributed by atoms with Crippen molar-refractivity contribution in [3.63, 3.8) is 0 Å². The Morgan fingerprint density at radius 2 is 1.86 bits per heavy atom. The fourth-order valence-electron chi connectivity index (χ4n) is 2.92. The average molecular weight is 420 g/mol. The number of hydrogen-bond donors (Lipinski definition) is 2. The topological polar surface area (TPSA) is 101 Å². The molecule has 0 saturated heterocycles. The van der Waals surface area contributed by atoms with Gasteiger partial charge in [0.25, 0.3) is 10.0 Å². The summed E-state index contributed by atoms with van der Waals surface area (Å²) in [7, 11) is -3.85. The Bertz CT molecular complexity index is 1110. The van der Waals surface area contributed by atoms with Crippen LogP contribution in [0.25, 0.3) is 11.3 Å². The van der Waals surface area contributed by atoms with Gasteiger partial charge in [-0.2, -0.15) is 5.10 Å². The largest absolute Gasteiger partial charge is 0.462 e. The maximum atomic E-state index is 13.1. The summed E-state index contributed by atoms with van der Waals surface area (Å²) in [5, 5.41) is 7.08. The molecule has 0 unspecified atom stereocenters. The van der Waals surface area contributed by atoms with Crippen LogP contribution in [-0.2, 0) is 14.8 Å². The van der Waals surface area contributed by atoms with Crippen molar-refractivity contribution in [2.75, 3.05) is 11.3 Å². The normalized spacial score (nSPS) is 11.4. The minimum atomic E-state index is -3.85. The van der Waals surface area contributed by atoms with E-state index in [1.54, 1.807) is 13.8 Å². The molecule has 0 fully saturated rings. The van der Waals surface area contributed by atoms with Crippen molar-refractivity contribution in [1.82, 2.24) is 10.2 Å². The zero-order valence-corrected chi connectivity index (χ0v) is 17.6. The summed E-state index contributed by atoms with van der Waals surface area (Å²) in [6.45, 7) is 7.52. The van der Waals surface area contributed by atoms with Crippen LogP contribution in [0.5, 0.6) is 0 Å². The molecule has 148 valence electrons. The van der Waals surface area contributed by atoms with Gasteiger partial charge in [-0.25, -0.2) is 13.2 Å². The molecule has 28 heavy (non-hydrogen) atoms. The number of thiophene rings is 1. The fraction of sp³-hybridized carbons (Fsp3) is 0.263. The number of ether oxygens (including phenoxy) is 1. The smallest absolute Gasteiger partial charge is 0.338 e. The number of anilines is 1. The Hall–Kier alpha value is -2.65. The van der Waals surface area contributed by atoms with Crippen LogP contribution in [0.4, 0.5) is 5.69 Å². The number of carbonyl (C=O) groups is 1. The van der Waals surface area contributed by atoms with Gasteiger partial charge in [0.2, 0.25) is 0 Å². The number of esters is 1. The number of rotatable bonds is 6. The van der Waals surface area contributed by atoms with E-state index in [4.69, 9.17) is 4.74 Å². The summed E-state index contributed by atoms with van der Waals surface area (Å²) in [6.07, 6.45) is 0. The molecule has 3 rings (SSSR count). The van der Waals surface area contributed by atoms with E-state index in [1.807, 2.05) is 19.9 Å². The minimum absolute atomic E-state index is 0.218. The predicted molar refractivity (Wildman–Crippen MR) is 109 cm³/mol. The van der Waals surface area contributed by atoms with E-state index < -0.39 is 16.0 Å². The first kappa shape index (κ1) is 20.1. The fourth-order valence-corrected chi connectivity index (χ4v) is 5.86. The van der Waals surface area contributed by atoms with Crippen molar-refractivity contribution in [1.29, 1.82) is 0 Å².